The van der Waals surface area contributed by atoms with E-state index in [4.69, 9.17) is 0 Å². The summed E-state index contributed by atoms with van der Waals surface area (Å²) < 4.78 is 29.1. The van der Waals surface area contributed by atoms with Gasteiger partial charge < -0.3 is 9.84 Å². The third-order valence-corrected chi connectivity index (χ3v) is 1.38. The van der Waals surface area contributed by atoms with Crippen molar-refractivity contribution in [2.45, 2.75) is 11.4 Å². The van der Waals surface area contributed by atoms with Gasteiger partial charge in [0.2, 0.25) is 0 Å². The summed E-state index contributed by atoms with van der Waals surface area (Å²) in [7, 11) is 1.66. The highest BCUT2D eigenvalue weighted by Gasteiger charge is 2.34. The molecule has 4 nitrogen and oxygen atoms in total. The van der Waals surface area contributed by atoms with Gasteiger partial charge in [0, 0.05) is 15.9 Å². The van der Waals surface area contributed by atoms with Gasteiger partial charge in [-0.2, -0.15) is 13.8 Å². The highest BCUT2D eigenvalue weighted by Crippen LogP contribution is 2.32. The Morgan fingerprint density at radius 3 is 2.75 bits per heavy atom. The molecule has 68 valence electrons. The lowest BCUT2D eigenvalue weighted by Crippen LogP contribution is -2.08. The van der Waals surface area contributed by atoms with Crippen molar-refractivity contribution >= 4 is 15.9 Å². The number of hydrogen-bond acceptors (Lipinski definition) is 4. The van der Waals surface area contributed by atoms with Crippen LogP contribution < -0.4 is 5.32 Å². The monoisotopic (exact) mass is 241 g/mol. The van der Waals surface area contributed by atoms with E-state index >= 15 is 0 Å². The SMILES string of the molecule is CNCc1noc(C(F)(F)Br)n1. The van der Waals surface area contributed by atoms with E-state index in [1.807, 2.05) is 0 Å². The maximum atomic E-state index is 12.4. The Morgan fingerprint density at radius 1 is 1.67 bits per heavy atom. The summed E-state index contributed by atoms with van der Waals surface area (Å²) in [5.74, 6) is -0.528. The van der Waals surface area contributed by atoms with Crippen molar-refractivity contribution in [3.63, 3.8) is 0 Å². The Balaban J connectivity index is 2.77. The molecule has 1 rings (SSSR count). The van der Waals surface area contributed by atoms with E-state index < -0.39 is 10.7 Å². The molecule has 1 heterocycles. The van der Waals surface area contributed by atoms with E-state index in [1.165, 1.54) is 0 Å². The molecule has 0 bridgehead atoms. The van der Waals surface area contributed by atoms with Gasteiger partial charge in [0.25, 0.3) is 0 Å². The number of rotatable bonds is 3. The molecule has 0 aromatic carbocycles. The number of hydrogen-bond donors (Lipinski definition) is 1. The van der Waals surface area contributed by atoms with Crippen LogP contribution in [0.2, 0.25) is 0 Å². The summed E-state index contributed by atoms with van der Waals surface area (Å²) in [5, 5.41) is 6.02. The quantitative estimate of drug-likeness (QED) is 0.810. The zero-order chi connectivity index (χ0) is 9.19. The highest BCUT2D eigenvalue weighted by atomic mass is 79.9. The fraction of sp³-hybridized carbons (Fsp3) is 0.600. The van der Waals surface area contributed by atoms with Crippen LogP contribution in [0, 0.1) is 0 Å². The molecule has 0 spiro atoms. The standard InChI is InChI=1S/C5H6BrF2N3O/c1-9-2-3-10-4(12-11-3)5(6,7)8/h9H,2H2,1H3. The van der Waals surface area contributed by atoms with Crippen molar-refractivity contribution < 1.29 is 13.3 Å². The van der Waals surface area contributed by atoms with Gasteiger partial charge in [-0.05, 0) is 7.05 Å². The molecule has 0 radical (unpaired) electrons. The molecule has 1 aromatic rings. The number of aromatic nitrogens is 2. The Hall–Kier alpha value is -0.560. The molecular weight excluding hydrogens is 236 g/mol. The largest absolute Gasteiger partial charge is 0.378 e. The number of alkyl halides is 3. The summed E-state index contributed by atoms with van der Waals surface area (Å²) in [4.78, 5) is 0.190. The van der Waals surface area contributed by atoms with Gasteiger partial charge in [-0.15, -0.1) is 0 Å². The van der Waals surface area contributed by atoms with Crippen LogP contribution in [0.25, 0.3) is 0 Å². The van der Waals surface area contributed by atoms with Crippen molar-refractivity contribution in [1.29, 1.82) is 0 Å². The molecule has 0 aliphatic carbocycles. The summed E-state index contributed by atoms with van der Waals surface area (Å²) in [5.41, 5.74) is 0. The van der Waals surface area contributed by atoms with Crippen LogP contribution in [0.1, 0.15) is 11.7 Å². The molecular formula is C5H6BrF2N3O. The van der Waals surface area contributed by atoms with E-state index in [1.54, 1.807) is 7.05 Å². The Labute approximate surface area is 75.5 Å². The van der Waals surface area contributed by atoms with Gasteiger partial charge >= 0.3 is 10.7 Å². The molecule has 7 heteroatoms. The smallest absolute Gasteiger partial charge is 0.331 e. The van der Waals surface area contributed by atoms with Gasteiger partial charge in [0.1, 0.15) is 0 Å². The number of halogens is 3. The minimum Gasteiger partial charge on any atom is -0.331 e. The predicted molar refractivity (Wildman–Crippen MR) is 39.9 cm³/mol. The summed E-state index contributed by atoms with van der Waals surface area (Å²) >= 11 is 2.10. The van der Waals surface area contributed by atoms with E-state index in [-0.39, 0.29) is 5.82 Å². The van der Waals surface area contributed by atoms with Crippen LogP contribution in [0.5, 0.6) is 0 Å². The zero-order valence-corrected chi connectivity index (χ0v) is 7.73. The third kappa shape index (κ3) is 2.21. The molecule has 0 atom stereocenters. The van der Waals surface area contributed by atoms with Gasteiger partial charge in [0.05, 0.1) is 6.54 Å². The summed E-state index contributed by atoms with van der Waals surface area (Å²) in [6, 6.07) is 0. The average molecular weight is 242 g/mol. The minimum atomic E-state index is -3.24. The van der Waals surface area contributed by atoms with Gasteiger partial charge in [-0.3, -0.25) is 0 Å². The van der Waals surface area contributed by atoms with Crippen molar-refractivity contribution in [2.24, 2.45) is 0 Å². The van der Waals surface area contributed by atoms with E-state index in [2.05, 4.69) is 35.9 Å². The summed E-state index contributed by atoms with van der Waals surface area (Å²) in [6.07, 6.45) is 0. The second-order valence-corrected chi connectivity index (χ2v) is 3.04. The zero-order valence-electron chi connectivity index (χ0n) is 6.14. The Bertz CT molecular complexity index is 259. The molecule has 0 aliphatic rings. The van der Waals surface area contributed by atoms with Crippen LogP contribution in [-0.2, 0) is 11.4 Å². The lowest BCUT2D eigenvalue weighted by Gasteiger charge is -1.98. The first-order chi connectivity index (χ1) is 5.54. The maximum absolute atomic E-state index is 12.4. The summed E-state index contributed by atoms with van der Waals surface area (Å²) in [6.45, 7) is 0.298. The third-order valence-electron chi connectivity index (χ3n) is 1.05. The molecule has 0 unspecified atom stereocenters. The molecule has 0 saturated heterocycles. The Kier molecular flexibility index (Phi) is 2.73. The van der Waals surface area contributed by atoms with Gasteiger partial charge in [0.15, 0.2) is 5.82 Å². The van der Waals surface area contributed by atoms with Crippen molar-refractivity contribution in [3.8, 4) is 0 Å². The highest BCUT2D eigenvalue weighted by molar-refractivity contribution is 9.09. The van der Waals surface area contributed by atoms with Crippen LogP contribution in [0.15, 0.2) is 4.52 Å². The first-order valence-electron chi connectivity index (χ1n) is 3.08. The topological polar surface area (TPSA) is 51.0 Å². The molecule has 0 saturated carbocycles. The van der Waals surface area contributed by atoms with Crippen LogP contribution in [-0.4, -0.2) is 17.2 Å². The van der Waals surface area contributed by atoms with Gasteiger partial charge in [-0.1, -0.05) is 5.16 Å². The van der Waals surface area contributed by atoms with Crippen LogP contribution >= 0.6 is 15.9 Å². The Morgan fingerprint density at radius 2 is 2.33 bits per heavy atom. The normalized spacial score (nSPS) is 12.0. The fourth-order valence-electron chi connectivity index (χ4n) is 0.599. The second kappa shape index (κ2) is 3.44. The van der Waals surface area contributed by atoms with E-state index in [0.717, 1.165) is 0 Å². The predicted octanol–water partition coefficient (Wildman–Crippen LogP) is 1.23. The van der Waals surface area contributed by atoms with Crippen LogP contribution in [0.4, 0.5) is 8.78 Å². The molecule has 0 fully saturated rings. The lowest BCUT2D eigenvalue weighted by atomic mass is 10.6. The lowest BCUT2D eigenvalue weighted by molar-refractivity contribution is 0.0725. The van der Waals surface area contributed by atoms with Crippen molar-refractivity contribution in [1.82, 2.24) is 15.5 Å². The first kappa shape index (κ1) is 9.53. The maximum Gasteiger partial charge on any atom is 0.378 e. The van der Waals surface area contributed by atoms with E-state index in [0.29, 0.717) is 6.54 Å². The second-order valence-electron chi connectivity index (χ2n) is 2.04. The average Bonchev–Trinajstić information content (AvgIpc) is 2.35. The van der Waals surface area contributed by atoms with Crippen LogP contribution in [0.3, 0.4) is 0 Å². The minimum absolute atomic E-state index is 0.201. The van der Waals surface area contributed by atoms with E-state index in [9.17, 15) is 8.78 Å². The molecule has 12 heavy (non-hydrogen) atoms. The fourth-order valence-corrected chi connectivity index (χ4v) is 0.760. The first-order valence-corrected chi connectivity index (χ1v) is 3.87. The molecule has 0 aliphatic heterocycles. The number of nitrogens with one attached hydrogen (secondary N) is 1. The van der Waals surface area contributed by atoms with Crippen molar-refractivity contribution in [2.75, 3.05) is 7.05 Å². The van der Waals surface area contributed by atoms with Crippen molar-refractivity contribution in [3.05, 3.63) is 11.7 Å². The molecule has 1 N–H and O–H groups in total. The molecule has 0 amide bonds. The number of nitrogens with zero attached hydrogens (tertiary/aromatic N) is 2. The van der Waals surface area contributed by atoms with Gasteiger partial charge in [-0.25, -0.2) is 0 Å². The molecule has 1 aromatic heterocycles.